The van der Waals surface area contributed by atoms with Gasteiger partial charge in [-0.1, -0.05) is 13.8 Å². The van der Waals surface area contributed by atoms with E-state index in [4.69, 9.17) is 5.11 Å². The van der Waals surface area contributed by atoms with E-state index in [1.165, 1.54) is 6.92 Å². The lowest BCUT2D eigenvalue weighted by molar-refractivity contribution is -0.132. The number of aliphatic imine (C=N–C) groups is 1. The summed E-state index contributed by atoms with van der Waals surface area (Å²) in [5.41, 5.74) is -0.123. The first-order chi connectivity index (χ1) is 7.70. The van der Waals surface area contributed by atoms with Crippen LogP contribution in [0.25, 0.3) is 0 Å². The quantitative estimate of drug-likeness (QED) is 0.663. The number of carboxylic acids is 1. The third kappa shape index (κ3) is 2.59. The molecule has 0 aliphatic carbocycles. The van der Waals surface area contributed by atoms with Crippen molar-refractivity contribution in [3.8, 4) is 0 Å². The van der Waals surface area contributed by atoms with Gasteiger partial charge in [-0.25, -0.2) is 4.79 Å². The minimum atomic E-state index is -1.00. The normalized spacial score (nSPS) is 24.1. The maximum atomic E-state index is 11.8. The second-order valence-electron chi connectivity index (χ2n) is 4.77. The van der Waals surface area contributed by atoms with Gasteiger partial charge in [0, 0.05) is 11.1 Å². The summed E-state index contributed by atoms with van der Waals surface area (Å²) in [4.78, 5) is 27.0. The van der Waals surface area contributed by atoms with Crippen LogP contribution >= 0.6 is 0 Å². The molecule has 6 heteroatoms. The van der Waals surface area contributed by atoms with Gasteiger partial charge in [0.15, 0.2) is 0 Å². The Balaban J connectivity index is 0.00000289. The first-order valence-corrected chi connectivity index (χ1v) is 5.52. The van der Waals surface area contributed by atoms with Gasteiger partial charge in [0.2, 0.25) is 0 Å². The predicted octanol–water partition coefficient (Wildman–Crippen LogP) is 1.51. The molecule has 0 saturated carbocycles. The van der Waals surface area contributed by atoms with Crippen LogP contribution in [0.3, 0.4) is 0 Å². The van der Waals surface area contributed by atoms with Crippen LogP contribution in [-0.4, -0.2) is 28.4 Å². The number of hydrogen-bond donors (Lipinski definition) is 3. The van der Waals surface area contributed by atoms with E-state index in [9.17, 15) is 9.59 Å². The van der Waals surface area contributed by atoms with Crippen LogP contribution in [0, 0.1) is 5.92 Å². The summed E-state index contributed by atoms with van der Waals surface area (Å²) in [6.07, 6.45) is 0. The lowest BCUT2D eigenvalue weighted by atomic mass is 9.89. The van der Waals surface area contributed by atoms with Gasteiger partial charge < -0.3 is 16.6 Å². The molecule has 0 aromatic rings. The van der Waals surface area contributed by atoms with E-state index in [1.807, 2.05) is 13.8 Å². The Morgan fingerprint density at radius 1 is 1.39 bits per heavy atom. The van der Waals surface area contributed by atoms with E-state index in [0.29, 0.717) is 11.4 Å². The summed E-state index contributed by atoms with van der Waals surface area (Å²) in [7, 11) is 0. The minimum absolute atomic E-state index is 0. The average molecular weight is 255 g/mol. The Morgan fingerprint density at radius 3 is 2.22 bits per heavy atom. The van der Waals surface area contributed by atoms with E-state index >= 15 is 0 Å². The number of hydrogen-bond acceptors (Lipinski definition) is 4. The lowest BCUT2D eigenvalue weighted by Gasteiger charge is -2.21. The Labute approximate surface area is 107 Å². The maximum absolute atomic E-state index is 11.8. The molecule has 1 heterocycles. The van der Waals surface area contributed by atoms with Crippen molar-refractivity contribution in [2.75, 3.05) is 0 Å². The standard InChI is InChI=1S/C12H18N2O3.H3N/c1-6(2)12(5)11(17)13-9(14-12)7(3)8(4)10(15)16;/h6H,1-5H3,(H,15,16)(H,13,14,17);1H3/b8-7-;. The van der Waals surface area contributed by atoms with Crippen molar-refractivity contribution in [1.29, 1.82) is 0 Å². The Morgan fingerprint density at radius 2 is 1.89 bits per heavy atom. The lowest BCUT2D eigenvalue weighted by Crippen LogP contribution is -2.41. The van der Waals surface area contributed by atoms with Crippen LogP contribution in [0.2, 0.25) is 0 Å². The number of rotatable bonds is 3. The van der Waals surface area contributed by atoms with Gasteiger partial charge in [-0.3, -0.25) is 9.79 Å². The van der Waals surface area contributed by atoms with Crippen LogP contribution in [0.4, 0.5) is 0 Å². The van der Waals surface area contributed by atoms with Gasteiger partial charge in [0.05, 0.1) is 0 Å². The molecule has 1 aliphatic rings. The second-order valence-corrected chi connectivity index (χ2v) is 4.77. The molecule has 5 N–H and O–H groups in total. The number of amides is 1. The second kappa shape index (κ2) is 5.30. The Kier molecular flexibility index (Phi) is 4.81. The zero-order chi connectivity index (χ0) is 13.4. The molecule has 0 aromatic carbocycles. The van der Waals surface area contributed by atoms with Crippen LogP contribution in [0.5, 0.6) is 0 Å². The molecule has 1 atom stereocenters. The number of amidine groups is 1. The zero-order valence-corrected chi connectivity index (χ0v) is 11.5. The van der Waals surface area contributed by atoms with Crippen LogP contribution in [0.15, 0.2) is 16.1 Å². The van der Waals surface area contributed by atoms with Crippen molar-refractivity contribution < 1.29 is 14.7 Å². The summed E-state index contributed by atoms with van der Waals surface area (Å²) in [5, 5.41) is 11.5. The first kappa shape index (κ1) is 16.3. The van der Waals surface area contributed by atoms with Gasteiger partial charge in [0.1, 0.15) is 11.4 Å². The molecule has 0 spiro atoms. The maximum Gasteiger partial charge on any atom is 0.331 e. The number of nitrogens with zero attached hydrogens (tertiary/aromatic N) is 1. The van der Waals surface area contributed by atoms with Crippen LogP contribution in [-0.2, 0) is 9.59 Å². The molecular formula is C12H21N3O3. The molecule has 1 unspecified atom stereocenters. The molecule has 6 nitrogen and oxygen atoms in total. The SMILES string of the molecule is C/C(C(=O)O)=C(\C)C1=NC(C)(C(C)C)C(=O)N1.N. The van der Waals surface area contributed by atoms with Crippen molar-refractivity contribution in [3.05, 3.63) is 11.1 Å². The number of aliphatic carboxylic acids is 1. The molecule has 102 valence electrons. The summed E-state index contributed by atoms with van der Waals surface area (Å²) in [6, 6.07) is 0. The number of carbonyl (C=O) groups excluding carboxylic acids is 1. The zero-order valence-electron chi connectivity index (χ0n) is 11.5. The number of carbonyl (C=O) groups is 2. The molecule has 0 aromatic heterocycles. The summed E-state index contributed by atoms with van der Waals surface area (Å²) in [6.45, 7) is 8.72. The van der Waals surface area contributed by atoms with Crippen molar-refractivity contribution >= 4 is 17.7 Å². The monoisotopic (exact) mass is 255 g/mol. The topological polar surface area (TPSA) is 114 Å². The fourth-order valence-corrected chi connectivity index (χ4v) is 1.45. The average Bonchev–Trinajstić information content (AvgIpc) is 2.54. The molecule has 1 aliphatic heterocycles. The smallest absolute Gasteiger partial charge is 0.331 e. The summed E-state index contributed by atoms with van der Waals surface area (Å²) < 4.78 is 0. The fraction of sp³-hybridized carbons (Fsp3) is 0.583. The van der Waals surface area contributed by atoms with Crippen LogP contribution < -0.4 is 11.5 Å². The largest absolute Gasteiger partial charge is 0.478 e. The third-order valence-electron chi connectivity index (χ3n) is 3.40. The Hall–Kier alpha value is -1.69. The highest BCUT2D eigenvalue weighted by molar-refractivity contribution is 6.16. The van der Waals surface area contributed by atoms with E-state index < -0.39 is 11.5 Å². The molecule has 1 rings (SSSR count). The Bertz CT molecular complexity index is 438. The predicted molar refractivity (Wildman–Crippen MR) is 69.9 cm³/mol. The summed E-state index contributed by atoms with van der Waals surface area (Å²) in [5.74, 6) is -0.762. The van der Waals surface area contributed by atoms with Crippen molar-refractivity contribution in [1.82, 2.24) is 11.5 Å². The summed E-state index contributed by atoms with van der Waals surface area (Å²) >= 11 is 0. The molecule has 0 fully saturated rings. The van der Waals surface area contributed by atoms with E-state index in [1.54, 1.807) is 13.8 Å². The number of nitrogens with one attached hydrogen (secondary N) is 1. The van der Waals surface area contributed by atoms with Gasteiger partial charge >= 0.3 is 5.97 Å². The van der Waals surface area contributed by atoms with Crippen molar-refractivity contribution in [2.45, 2.75) is 40.2 Å². The first-order valence-electron chi connectivity index (χ1n) is 5.52. The van der Waals surface area contributed by atoms with Crippen molar-refractivity contribution in [3.63, 3.8) is 0 Å². The molecule has 18 heavy (non-hydrogen) atoms. The fourth-order valence-electron chi connectivity index (χ4n) is 1.45. The molecule has 0 radical (unpaired) electrons. The third-order valence-corrected chi connectivity index (χ3v) is 3.40. The molecule has 0 saturated heterocycles. The molecule has 1 amide bonds. The minimum Gasteiger partial charge on any atom is -0.478 e. The highest BCUT2D eigenvalue weighted by Crippen LogP contribution is 2.27. The van der Waals surface area contributed by atoms with E-state index in [2.05, 4.69) is 10.3 Å². The molecule has 0 bridgehead atoms. The highest BCUT2D eigenvalue weighted by atomic mass is 16.4. The van der Waals surface area contributed by atoms with Gasteiger partial charge in [-0.2, -0.15) is 0 Å². The highest BCUT2D eigenvalue weighted by Gasteiger charge is 2.42. The number of carboxylic acid groups (broad SMARTS) is 1. The van der Waals surface area contributed by atoms with Crippen LogP contribution in [0.1, 0.15) is 34.6 Å². The van der Waals surface area contributed by atoms with Gasteiger partial charge in [-0.05, 0) is 26.7 Å². The van der Waals surface area contributed by atoms with Crippen molar-refractivity contribution in [2.24, 2.45) is 10.9 Å². The van der Waals surface area contributed by atoms with Gasteiger partial charge in [0.25, 0.3) is 5.91 Å². The van der Waals surface area contributed by atoms with E-state index in [0.717, 1.165) is 0 Å². The van der Waals surface area contributed by atoms with E-state index in [-0.39, 0.29) is 23.5 Å². The van der Waals surface area contributed by atoms with Gasteiger partial charge in [-0.15, -0.1) is 0 Å². The molecular weight excluding hydrogens is 234 g/mol.